The molecule has 0 aliphatic heterocycles. The van der Waals surface area contributed by atoms with E-state index in [1.165, 1.54) is 11.9 Å². The van der Waals surface area contributed by atoms with Crippen LogP contribution >= 0.6 is 0 Å². The second-order valence-electron chi connectivity index (χ2n) is 5.06. The second kappa shape index (κ2) is 5.97. The number of amides is 2. The number of nitrogens with one attached hydrogen (secondary N) is 1. The molecule has 0 fully saturated rings. The van der Waals surface area contributed by atoms with Crippen LogP contribution in [0.25, 0.3) is 0 Å². The van der Waals surface area contributed by atoms with Crippen molar-refractivity contribution in [3.8, 4) is 0 Å². The van der Waals surface area contributed by atoms with E-state index in [0.29, 0.717) is 0 Å². The largest absolute Gasteiger partial charge is 0.389 e. The number of rotatable bonds is 4. The van der Waals surface area contributed by atoms with Crippen LogP contribution in [0.3, 0.4) is 0 Å². The summed E-state index contributed by atoms with van der Waals surface area (Å²) in [6.07, 6.45) is 0. The number of aliphatic hydroxyl groups is 1. The fourth-order valence-electron chi connectivity index (χ4n) is 1.64. The van der Waals surface area contributed by atoms with Crippen molar-refractivity contribution in [2.45, 2.75) is 26.0 Å². The molecule has 19 heavy (non-hydrogen) atoms. The normalized spacial score (nSPS) is 11.3. The van der Waals surface area contributed by atoms with E-state index in [4.69, 9.17) is 0 Å². The summed E-state index contributed by atoms with van der Waals surface area (Å²) in [7, 11) is 1.51. The van der Waals surface area contributed by atoms with Gasteiger partial charge in [0.1, 0.15) is 11.6 Å². The van der Waals surface area contributed by atoms with Gasteiger partial charge in [-0.15, -0.1) is 0 Å². The smallest absolute Gasteiger partial charge is 0.317 e. The molecule has 0 saturated carbocycles. The van der Waals surface area contributed by atoms with Gasteiger partial charge in [0, 0.05) is 19.2 Å². The zero-order valence-electron chi connectivity index (χ0n) is 11.2. The number of hydrogen-bond acceptors (Lipinski definition) is 2. The maximum absolute atomic E-state index is 13.3. The molecule has 0 saturated heterocycles. The molecule has 0 unspecified atom stereocenters. The van der Waals surface area contributed by atoms with E-state index in [0.717, 1.165) is 18.2 Å². The molecule has 1 aromatic carbocycles. The molecule has 2 amide bonds. The van der Waals surface area contributed by atoms with Crippen molar-refractivity contribution in [1.82, 2.24) is 10.2 Å². The highest BCUT2D eigenvalue weighted by Gasteiger charge is 2.19. The topological polar surface area (TPSA) is 52.6 Å². The molecule has 1 rings (SSSR count). The van der Waals surface area contributed by atoms with Crippen molar-refractivity contribution in [3.63, 3.8) is 0 Å². The Labute approximate surface area is 111 Å². The first kappa shape index (κ1) is 15.4. The number of nitrogens with zero attached hydrogens (tertiary/aromatic N) is 1. The lowest BCUT2D eigenvalue weighted by atomic mass is 10.1. The van der Waals surface area contributed by atoms with Gasteiger partial charge >= 0.3 is 6.03 Å². The fourth-order valence-corrected chi connectivity index (χ4v) is 1.64. The van der Waals surface area contributed by atoms with Crippen molar-refractivity contribution < 1.29 is 18.7 Å². The highest BCUT2D eigenvalue weighted by atomic mass is 19.1. The molecular weight excluding hydrogens is 254 g/mol. The lowest BCUT2D eigenvalue weighted by molar-refractivity contribution is 0.0531. The molecule has 0 spiro atoms. The van der Waals surface area contributed by atoms with Gasteiger partial charge in [0.05, 0.1) is 12.1 Å². The third-order valence-electron chi connectivity index (χ3n) is 2.41. The first-order chi connectivity index (χ1) is 8.69. The summed E-state index contributed by atoms with van der Waals surface area (Å²) in [5, 5.41) is 12.0. The Bertz CT molecular complexity index is 458. The number of carbonyl (C=O) groups is 1. The SMILES string of the molecule is CN(CC(C)(C)O)C(=O)NCc1cc(F)ccc1F. The second-order valence-corrected chi connectivity index (χ2v) is 5.06. The molecule has 0 radical (unpaired) electrons. The van der Waals surface area contributed by atoms with Crippen molar-refractivity contribution in [1.29, 1.82) is 0 Å². The Morgan fingerprint density at radius 1 is 1.42 bits per heavy atom. The molecule has 0 aliphatic rings. The van der Waals surface area contributed by atoms with Gasteiger partial charge in [0.2, 0.25) is 0 Å². The number of benzene rings is 1. The average molecular weight is 272 g/mol. The van der Waals surface area contributed by atoms with Crippen LogP contribution in [0.15, 0.2) is 18.2 Å². The van der Waals surface area contributed by atoms with Crippen LogP contribution in [0.2, 0.25) is 0 Å². The van der Waals surface area contributed by atoms with E-state index in [2.05, 4.69) is 5.32 Å². The molecule has 6 heteroatoms. The number of carbonyl (C=O) groups excluding carboxylic acids is 1. The van der Waals surface area contributed by atoms with E-state index in [9.17, 15) is 18.7 Å². The quantitative estimate of drug-likeness (QED) is 0.879. The predicted molar refractivity (Wildman–Crippen MR) is 67.5 cm³/mol. The fraction of sp³-hybridized carbons (Fsp3) is 0.462. The lowest BCUT2D eigenvalue weighted by Crippen LogP contribution is -2.44. The summed E-state index contributed by atoms with van der Waals surface area (Å²) in [6, 6.07) is 2.59. The highest BCUT2D eigenvalue weighted by molar-refractivity contribution is 5.73. The van der Waals surface area contributed by atoms with Crippen molar-refractivity contribution in [2.24, 2.45) is 0 Å². The van der Waals surface area contributed by atoms with Crippen molar-refractivity contribution >= 4 is 6.03 Å². The summed E-state index contributed by atoms with van der Waals surface area (Å²) in [5.74, 6) is -1.14. The van der Waals surface area contributed by atoms with E-state index in [1.807, 2.05) is 0 Å². The molecular formula is C13H18F2N2O2. The van der Waals surface area contributed by atoms with Crippen LogP contribution in [0.1, 0.15) is 19.4 Å². The minimum atomic E-state index is -1.02. The third-order valence-corrected chi connectivity index (χ3v) is 2.41. The van der Waals surface area contributed by atoms with Gasteiger partial charge in [0.25, 0.3) is 0 Å². The molecule has 4 nitrogen and oxygen atoms in total. The summed E-state index contributed by atoms with van der Waals surface area (Å²) in [4.78, 5) is 13.0. The van der Waals surface area contributed by atoms with Gasteiger partial charge in [-0.3, -0.25) is 0 Å². The Kier molecular flexibility index (Phi) is 4.83. The minimum absolute atomic E-state index is 0.0741. The van der Waals surface area contributed by atoms with Crippen LogP contribution in [0, 0.1) is 11.6 Å². The zero-order chi connectivity index (χ0) is 14.6. The molecule has 0 aromatic heterocycles. The maximum atomic E-state index is 13.3. The Morgan fingerprint density at radius 2 is 2.05 bits per heavy atom. The number of likely N-dealkylation sites (N-methyl/N-ethyl adjacent to an activating group) is 1. The summed E-state index contributed by atoms with van der Waals surface area (Å²) >= 11 is 0. The molecule has 1 aromatic rings. The van der Waals surface area contributed by atoms with Gasteiger partial charge < -0.3 is 15.3 Å². The van der Waals surface area contributed by atoms with Crippen LogP contribution in [-0.4, -0.2) is 35.2 Å². The minimum Gasteiger partial charge on any atom is -0.389 e. The summed E-state index contributed by atoms with van der Waals surface area (Å²) < 4.78 is 26.3. The molecule has 0 heterocycles. The van der Waals surface area contributed by atoms with Gasteiger partial charge in [0.15, 0.2) is 0 Å². The van der Waals surface area contributed by atoms with Crippen LogP contribution in [0.5, 0.6) is 0 Å². The van der Waals surface area contributed by atoms with Crippen LogP contribution in [-0.2, 0) is 6.54 Å². The van der Waals surface area contributed by atoms with E-state index < -0.39 is 23.3 Å². The van der Waals surface area contributed by atoms with Crippen LogP contribution in [0.4, 0.5) is 13.6 Å². The van der Waals surface area contributed by atoms with Gasteiger partial charge in [-0.2, -0.15) is 0 Å². The Balaban J connectivity index is 2.57. The van der Waals surface area contributed by atoms with Crippen LogP contribution < -0.4 is 5.32 Å². The average Bonchev–Trinajstić information content (AvgIpc) is 2.27. The molecule has 106 valence electrons. The molecule has 0 atom stereocenters. The van der Waals surface area contributed by atoms with Crippen molar-refractivity contribution in [3.05, 3.63) is 35.4 Å². The number of halogens is 2. The predicted octanol–water partition coefficient (Wildman–Crippen LogP) is 1.88. The highest BCUT2D eigenvalue weighted by Crippen LogP contribution is 2.09. The lowest BCUT2D eigenvalue weighted by Gasteiger charge is -2.25. The Morgan fingerprint density at radius 3 is 2.63 bits per heavy atom. The standard InChI is InChI=1S/C13H18F2N2O2/c1-13(2,19)8-17(3)12(18)16-7-9-6-10(14)4-5-11(9)15/h4-6,19H,7-8H2,1-3H3,(H,16,18). The maximum Gasteiger partial charge on any atom is 0.317 e. The Hall–Kier alpha value is -1.69. The van der Waals surface area contributed by atoms with E-state index >= 15 is 0 Å². The monoisotopic (exact) mass is 272 g/mol. The zero-order valence-corrected chi connectivity index (χ0v) is 11.2. The third kappa shape index (κ3) is 5.21. The van der Waals surface area contributed by atoms with Crippen molar-refractivity contribution in [2.75, 3.05) is 13.6 Å². The number of hydrogen-bond donors (Lipinski definition) is 2. The molecule has 0 aliphatic carbocycles. The summed E-state index contributed by atoms with van der Waals surface area (Å²) in [6.45, 7) is 3.16. The van der Waals surface area contributed by atoms with E-state index in [1.54, 1.807) is 13.8 Å². The molecule has 2 N–H and O–H groups in total. The number of urea groups is 1. The molecule has 0 bridgehead atoms. The van der Waals surface area contributed by atoms with Gasteiger partial charge in [-0.05, 0) is 32.0 Å². The summed E-state index contributed by atoms with van der Waals surface area (Å²) in [5.41, 5.74) is -0.944. The van der Waals surface area contributed by atoms with Gasteiger partial charge in [-0.25, -0.2) is 13.6 Å². The first-order valence-electron chi connectivity index (χ1n) is 5.84. The van der Waals surface area contributed by atoms with E-state index in [-0.39, 0.29) is 18.7 Å². The first-order valence-corrected chi connectivity index (χ1v) is 5.84. The van der Waals surface area contributed by atoms with Gasteiger partial charge in [-0.1, -0.05) is 0 Å².